The number of hydrogen-bond donors (Lipinski definition) is 4. The van der Waals surface area contributed by atoms with Gasteiger partial charge in [-0.1, -0.05) is 0 Å². The second kappa shape index (κ2) is 5.59. The summed E-state index contributed by atoms with van der Waals surface area (Å²) >= 11 is 0. The van der Waals surface area contributed by atoms with E-state index in [1.54, 1.807) is 5.32 Å². The van der Waals surface area contributed by atoms with Gasteiger partial charge in [-0.3, -0.25) is 4.79 Å². The van der Waals surface area contributed by atoms with E-state index in [-0.39, 0.29) is 6.42 Å². The number of carbonyl (C=O) groups excluding carboxylic acids is 1. The van der Waals surface area contributed by atoms with Gasteiger partial charge in [0.2, 0.25) is 11.8 Å². The predicted molar refractivity (Wildman–Crippen MR) is 50.0 cm³/mol. The van der Waals surface area contributed by atoms with Gasteiger partial charge in [0.05, 0.1) is 6.04 Å². The van der Waals surface area contributed by atoms with Gasteiger partial charge in [-0.15, -0.1) is 0 Å². The molecule has 0 saturated carbocycles. The number of amides is 2. The predicted octanol–water partition coefficient (Wildman–Crippen LogP) is -0.0958. The smallest absolute Gasteiger partial charge is 0.404 e. The summed E-state index contributed by atoms with van der Waals surface area (Å²) in [5, 5.41) is 19.3. The minimum absolute atomic E-state index is 0.389. The number of primary amides is 1. The van der Waals surface area contributed by atoms with Crippen molar-refractivity contribution in [1.82, 2.24) is 5.32 Å². The van der Waals surface area contributed by atoms with E-state index in [0.29, 0.717) is 6.92 Å². The SMILES string of the molecule is CC(F)(F)CC[C@H](NC(=O)O)C(O)C(N)=O. The number of carboxylic acid groups (broad SMARTS) is 1. The van der Waals surface area contributed by atoms with Crippen LogP contribution in [0, 0.1) is 0 Å². The van der Waals surface area contributed by atoms with E-state index in [0.717, 1.165) is 0 Å². The summed E-state index contributed by atoms with van der Waals surface area (Å²) in [7, 11) is 0. The Hall–Kier alpha value is -1.44. The number of nitrogens with one attached hydrogen (secondary N) is 1. The molecule has 0 saturated heterocycles. The Morgan fingerprint density at radius 1 is 1.50 bits per heavy atom. The number of carbonyl (C=O) groups is 2. The van der Waals surface area contributed by atoms with Gasteiger partial charge in [-0.2, -0.15) is 0 Å². The van der Waals surface area contributed by atoms with Crippen LogP contribution in [0.5, 0.6) is 0 Å². The number of nitrogens with two attached hydrogens (primary N) is 1. The summed E-state index contributed by atoms with van der Waals surface area (Å²) in [5.41, 5.74) is 4.74. The van der Waals surface area contributed by atoms with Crippen LogP contribution in [0.3, 0.4) is 0 Å². The minimum Gasteiger partial charge on any atom is -0.465 e. The number of rotatable bonds is 6. The molecule has 16 heavy (non-hydrogen) atoms. The Morgan fingerprint density at radius 2 is 2.00 bits per heavy atom. The molecule has 0 fully saturated rings. The molecule has 0 aliphatic heterocycles. The first-order valence-electron chi connectivity index (χ1n) is 4.48. The van der Waals surface area contributed by atoms with Crippen LogP contribution in [0.25, 0.3) is 0 Å². The molecule has 0 spiro atoms. The van der Waals surface area contributed by atoms with Crippen LogP contribution in [0.4, 0.5) is 13.6 Å². The molecule has 0 rings (SSSR count). The highest BCUT2D eigenvalue weighted by Crippen LogP contribution is 2.20. The van der Waals surface area contributed by atoms with Crippen molar-refractivity contribution in [3.05, 3.63) is 0 Å². The van der Waals surface area contributed by atoms with Crippen molar-refractivity contribution in [1.29, 1.82) is 0 Å². The van der Waals surface area contributed by atoms with Crippen molar-refractivity contribution in [3.63, 3.8) is 0 Å². The van der Waals surface area contributed by atoms with Crippen LogP contribution in [0.2, 0.25) is 0 Å². The van der Waals surface area contributed by atoms with E-state index in [1.807, 2.05) is 0 Å². The summed E-state index contributed by atoms with van der Waals surface area (Å²) in [4.78, 5) is 20.9. The maximum absolute atomic E-state index is 12.5. The standard InChI is InChI=1S/C8H14F2N2O4/c1-8(9,10)3-2-4(12-7(15)16)5(13)6(11)14/h4-5,12-13H,2-3H2,1H3,(H2,11,14)(H,15,16)/t4-,5?/m0/s1. The third-order valence-electron chi connectivity index (χ3n) is 1.88. The molecular formula is C8H14F2N2O4. The molecule has 0 aromatic heterocycles. The molecule has 0 aliphatic carbocycles. The van der Waals surface area contributed by atoms with Crippen molar-refractivity contribution >= 4 is 12.0 Å². The summed E-state index contributed by atoms with van der Waals surface area (Å²) < 4.78 is 25.0. The second-order valence-corrected chi connectivity index (χ2v) is 3.51. The third-order valence-corrected chi connectivity index (χ3v) is 1.88. The lowest BCUT2D eigenvalue weighted by molar-refractivity contribution is -0.127. The average Bonchev–Trinajstić information content (AvgIpc) is 2.08. The van der Waals surface area contributed by atoms with Crippen molar-refractivity contribution < 1.29 is 28.6 Å². The van der Waals surface area contributed by atoms with Crippen LogP contribution in [-0.2, 0) is 4.79 Å². The molecule has 0 radical (unpaired) electrons. The van der Waals surface area contributed by atoms with E-state index in [4.69, 9.17) is 10.8 Å². The number of alkyl halides is 2. The lowest BCUT2D eigenvalue weighted by atomic mass is 10.0. The topological polar surface area (TPSA) is 113 Å². The summed E-state index contributed by atoms with van der Waals surface area (Å²) in [6.45, 7) is 0.654. The molecule has 0 bridgehead atoms. The number of hydrogen-bond acceptors (Lipinski definition) is 3. The fourth-order valence-electron chi connectivity index (χ4n) is 1.07. The molecule has 6 nitrogen and oxygen atoms in total. The van der Waals surface area contributed by atoms with Crippen LogP contribution < -0.4 is 11.1 Å². The lowest BCUT2D eigenvalue weighted by Crippen LogP contribution is -2.49. The normalized spacial score (nSPS) is 15.2. The van der Waals surface area contributed by atoms with E-state index in [2.05, 4.69) is 0 Å². The van der Waals surface area contributed by atoms with E-state index >= 15 is 0 Å². The Bertz CT molecular complexity index is 267. The maximum Gasteiger partial charge on any atom is 0.404 e. The van der Waals surface area contributed by atoms with E-state index in [9.17, 15) is 23.5 Å². The maximum atomic E-state index is 12.5. The van der Waals surface area contributed by atoms with Crippen molar-refractivity contribution in [2.24, 2.45) is 5.73 Å². The molecule has 0 aromatic rings. The second-order valence-electron chi connectivity index (χ2n) is 3.51. The Labute approximate surface area is 90.4 Å². The quantitative estimate of drug-likeness (QED) is 0.519. The van der Waals surface area contributed by atoms with Crippen LogP contribution in [0.1, 0.15) is 19.8 Å². The Balaban J connectivity index is 4.43. The molecule has 0 heterocycles. The Kier molecular flexibility index (Phi) is 5.09. The Morgan fingerprint density at radius 3 is 2.31 bits per heavy atom. The highest BCUT2D eigenvalue weighted by atomic mass is 19.3. The van der Waals surface area contributed by atoms with Crippen LogP contribution in [0.15, 0.2) is 0 Å². The molecule has 0 aliphatic rings. The summed E-state index contributed by atoms with van der Waals surface area (Å²) in [5.74, 6) is -4.17. The zero-order valence-corrected chi connectivity index (χ0v) is 8.61. The van der Waals surface area contributed by atoms with E-state index < -0.39 is 36.5 Å². The lowest BCUT2D eigenvalue weighted by Gasteiger charge is -2.21. The molecule has 0 aromatic carbocycles. The van der Waals surface area contributed by atoms with Gasteiger partial charge in [0.25, 0.3) is 0 Å². The first kappa shape index (κ1) is 14.6. The largest absolute Gasteiger partial charge is 0.465 e. The van der Waals surface area contributed by atoms with Crippen molar-refractivity contribution in [3.8, 4) is 0 Å². The molecule has 94 valence electrons. The first-order chi connectivity index (χ1) is 7.13. The van der Waals surface area contributed by atoms with Crippen molar-refractivity contribution in [2.45, 2.75) is 37.8 Å². The van der Waals surface area contributed by atoms with Gasteiger partial charge in [-0.05, 0) is 13.3 Å². The van der Waals surface area contributed by atoms with Gasteiger partial charge in [-0.25, -0.2) is 13.6 Å². The van der Waals surface area contributed by atoms with Gasteiger partial charge >= 0.3 is 6.09 Å². The molecule has 1 unspecified atom stereocenters. The number of halogens is 2. The zero-order chi connectivity index (χ0) is 12.9. The monoisotopic (exact) mass is 240 g/mol. The van der Waals surface area contributed by atoms with Gasteiger partial charge in [0.15, 0.2) is 6.10 Å². The van der Waals surface area contributed by atoms with Crippen LogP contribution >= 0.6 is 0 Å². The molecule has 8 heteroatoms. The highest BCUT2D eigenvalue weighted by Gasteiger charge is 2.30. The summed E-state index contributed by atoms with van der Waals surface area (Å²) in [6.07, 6.45) is -4.40. The van der Waals surface area contributed by atoms with Crippen molar-refractivity contribution in [2.75, 3.05) is 0 Å². The molecule has 2 amide bonds. The molecule has 2 atom stereocenters. The van der Waals surface area contributed by atoms with Gasteiger partial charge in [0, 0.05) is 6.42 Å². The number of aliphatic hydroxyl groups is 1. The summed E-state index contributed by atoms with van der Waals surface area (Å²) in [6, 6.07) is -1.33. The van der Waals surface area contributed by atoms with E-state index in [1.165, 1.54) is 0 Å². The highest BCUT2D eigenvalue weighted by molar-refractivity contribution is 5.80. The average molecular weight is 240 g/mol. The third kappa shape index (κ3) is 6.12. The fourth-order valence-corrected chi connectivity index (χ4v) is 1.07. The van der Waals surface area contributed by atoms with Gasteiger partial charge < -0.3 is 21.3 Å². The molecule has 5 N–H and O–H groups in total. The molecular weight excluding hydrogens is 226 g/mol. The van der Waals surface area contributed by atoms with Gasteiger partial charge in [0.1, 0.15) is 0 Å². The number of aliphatic hydroxyl groups excluding tert-OH is 1. The zero-order valence-electron chi connectivity index (χ0n) is 8.61. The van der Waals surface area contributed by atoms with Crippen LogP contribution in [-0.4, -0.2) is 40.3 Å². The minimum atomic E-state index is -3.00. The first-order valence-corrected chi connectivity index (χ1v) is 4.48. The fraction of sp³-hybridized carbons (Fsp3) is 0.750.